The SMILES string of the molecule is CCN(C[C@H]1CN(c2ncc(Cl)c(Nc3ccc4c(c3)c3c(c(=O)n4C)OCC(F)(F)[C@H](C4CC4)N3)n2)CCC1(F)F)C(C)=O. The minimum absolute atomic E-state index is 0.00533. The van der Waals surface area contributed by atoms with E-state index in [9.17, 15) is 18.4 Å². The summed E-state index contributed by atoms with van der Waals surface area (Å²) in [7, 11) is 1.54. The molecular weight excluding hydrogens is 618 g/mol. The number of pyridine rings is 1. The highest BCUT2D eigenvalue weighted by atomic mass is 35.5. The van der Waals surface area contributed by atoms with Gasteiger partial charge in [-0.25, -0.2) is 22.5 Å². The van der Waals surface area contributed by atoms with Crippen LogP contribution >= 0.6 is 11.6 Å². The van der Waals surface area contributed by atoms with Crippen LogP contribution in [0, 0.1) is 11.8 Å². The number of fused-ring (bicyclic) bond motifs is 3. The van der Waals surface area contributed by atoms with Crippen LogP contribution in [0.15, 0.2) is 29.2 Å². The number of piperidine rings is 1. The topological polar surface area (TPSA) is 105 Å². The Hall–Kier alpha value is -3.81. The number of carbonyl (C=O) groups excluding carboxylic acids is 1. The number of hydrogen-bond donors (Lipinski definition) is 2. The van der Waals surface area contributed by atoms with E-state index < -0.39 is 42.4 Å². The molecule has 3 aliphatic rings. The van der Waals surface area contributed by atoms with Crippen LogP contribution in [0.2, 0.25) is 5.02 Å². The molecule has 2 atom stereocenters. The zero-order valence-electron chi connectivity index (χ0n) is 25.0. The van der Waals surface area contributed by atoms with Crippen LogP contribution < -0.4 is 25.8 Å². The first-order valence-corrected chi connectivity index (χ1v) is 15.3. The van der Waals surface area contributed by atoms with E-state index in [2.05, 4.69) is 20.6 Å². The van der Waals surface area contributed by atoms with Crippen LogP contribution in [-0.2, 0) is 11.8 Å². The highest BCUT2D eigenvalue weighted by Gasteiger charge is 2.51. The Bertz CT molecular complexity index is 1700. The molecule has 1 aromatic carbocycles. The Morgan fingerprint density at radius 3 is 2.69 bits per heavy atom. The highest BCUT2D eigenvalue weighted by Crippen LogP contribution is 2.46. The van der Waals surface area contributed by atoms with Crippen LogP contribution in [0.3, 0.4) is 0 Å². The van der Waals surface area contributed by atoms with Crippen molar-refractivity contribution in [3.05, 3.63) is 39.8 Å². The summed E-state index contributed by atoms with van der Waals surface area (Å²) in [5, 5.41) is 6.74. The van der Waals surface area contributed by atoms with Gasteiger partial charge in [0.25, 0.3) is 11.5 Å². The molecule has 0 bridgehead atoms. The molecule has 2 aliphatic heterocycles. The Balaban J connectivity index is 1.31. The van der Waals surface area contributed by atoms with Gasteiger partial charge in [-0.1, -0.05) is 11.6 Å². The minimum atomic E-state index is -3.17. The highest BCUT2D eigenvalue weighted by molar-refractivity contribution is 6.33. The van der Waals surface area contributed by atoms with Crippen molar-refractivity contribution in [1.82, 2.24) is 19.4 Å². The van der Waals surface area contributed by atoms with E-state index >= 15 is 8.78 Å². The quantitative estimate of drug-likeness (QED) is 0.333. The number of alkyl halides is 4. The standard InChI is InChI=1S/C30H34ClF4N7O3/c1-4-41(16(2)43)13-18-14-42(10-9-29(18,32)33)28-36-12-21(31)26(39-28)37-19-7-8-22-20(11-19)23-24(27(44)40(22)3)45-15-30(34,35)25(38-23)17-5-6-17/h7-8,11-12,17-18,25,38H,4-6,9-10,13-15H2,1-3H3,(H,36,37,39)/t18-,25-/m0/s1. The Morgan fingerprint density at radius 2 is 2.00 bits per heavy atom. The molecule has 1 aliphatic carbocycles. The molecule has 15 heteroatoms. The first-order valence-electron chi connectivity index (χ1n) is 14.9. The maximum atomic E-state index is 15.0. The summed E-state index contributed by atoms with van der Waals surface area (Å²) in [5.41, 5.74) is 0.657. The number of benzene rings is 1. The van der Waals surface area contributed by atoms with Crippen LogP contribution in [0.5, 0.6) is 5.75 Å². The van der Waals surface area contributed by atoms with Crippen molar-refractivity contribution in [2.75, 3.05) is 48.3 Å². The number of ether oxygens (including phenoxy) is 1. The molecule has 4 heterocycles. The molecule has 3 aromatic rings. The maximum Gasteiger partial charge on any atom is 0.301 e. The fraction of sp³-hybridized carbons (Fsp3) is 0.533. The molecule has 1 saturated heterocycles. The van der Waals surface area contributed by atoms with Gasteiger partial charge in [0.1, 0.15) is 5.02 Å². The number of nitrogens with one attached hydrogen (secondary N) is 2. The van der Waals surface area contributed by atoms with Crippen LogP contribution in [0.1, 0.15) is 33.1 Å². The van der Waals surface area contributed by atoms with Gasteiger partial charge in [-0.2, -0.15) is 4.98 Å². The minimum Gasteiger partial charge on any atom is -0.480 e. The Morgan fingerprint density at radius 1 is 1.24 bits per heavy atom. The van der Waals surface area contributed by atoms with E-state index in [1.165, 1.54) is 22.6 Å². The Labute approximate surface area is 261 Å². The molecular formula is C30H34ClF4N7O3. The average Bonchev–Trinajstić information content (AvgIpc) is 3.84. The summed E-state index contributed by atoms with van der Waals surface area (Å²) in [4.78, 5) is 36.9. The third kappa shape index (κ3) is 5.96. The third-order valence-corrected chi connectivity index (χ3v) is 9.18. The molecule has 0 unspecified atom stereocenters. The van der Waals surface area contributed by atoms with Gasteiger partial charge in [0.05, 0.1) is 29.4 Å². The predicted octanol–water partition coefficient (Wildman–Crippen LogP) is 5.27. The fourth-order valence-corrected chi connectivity index (χ4v) is 6.26. The van der Waals surface area contributed by atoms with Gasteiger partial charge in [-0.3, -0.25) is 9.59 Å². The maximum absolute atomic E-state index is 15.0. The lowest BCUT2D eigenvalue weighted by atomic mass is 9.93. The van der Waals surface area contributed by atoms with Gasteiger partial charge >= 0.3 is 5.92 Å². The number of halogens is 5. The van der Waals surface area contributed by atoms with E-state index in [1.807, 2.05) is 0 Å². The molecule has 45 heavy (non-hydrogen) atoms. The number of carbonyl (C=O) groups is 1. The normalized spacial score (nSPS) is 22.2. The number of rotatable bonds is 7. The molecule has 0 spiro atoms. The van der Waals surface area contributed by atoms with Gasteiger partial charge in [0.2, 0.25) is 17.6 Å². The summed E-state index contributed by atoms with van der Waals surface area (Å²) >= 11 is 6.44. The number of hydrogen-bond acceptors (Lipinski definition) is 8. The lowest BCUT2D eigenvalue weighted by molar-refractivity contribution is -0.133. The summed E-state index contributed by atoms with van der Waals surface area (Å²) < 4.78 is 66.5. The van der Waals surface area contributed by atoms with Crippen molar-refractivity contribution in [2.24, 2.45) is 18.9 Å². The molecule has 10 nitrogen and oxygen atoms in total. The number of aryl methyl sites for hydroxylation is 1. The fourth-order valence-electron chi connectivity index (χ4n) is 6.12. The predicted molar refractivity (Wildman–Crippen MR) is 163 cm³/mol. The molecule has 0 radical (unpaired) electrons. The third-order valence-electron chi connectivity index (χ3n) is 8.91. The summed E-state index contributed by atoms with van der Waals surface area (Å²) in [5.74, 6) is -7.52. The average molecular weight is 652 g/mol. The lowest BCUT2D eigenvalue weighted by Crippen LogP contribution is -2.52. The first kappa shape index (κ1) is 31.2. The smallest absolute Gasteiger partial charge is 0.301 e. The largest absolute Gasteiger partial charge is 0.480 e. The second-order valence-electron chi connectivity index (χ2n) is 12.0. The van der Waals surface area contributed by atoms with Crippen LogP contribution in [0.4, 0.5) is 40.7 Å². The molecule has 2 fully saturated rings. The molecule has 242 valence electrons. The van der Waals surface area contributed by atoms with Gasteiger partial charge < -0.3 is 29.7 Å². The Kier molecular flexibility index (Phi) is 7.99. The van der Waals surface area contributed by atoms with Gasteiger partial charge in [0, 0.05) is 57.6 Å². The lowest BCUT2D eigenvalue weighted by Gasteiger charge is -2.40. The van der Waals surface area contributed by atoms with Gasteiger partial charge in [0.15, 0.2) is 12.4 Å². The van der Waals surface area contributed by atoms with E-state index in [4.69, 9.17) is 16.3 Å². The number of amides is 1. The first-order chi connectivity index (χ1) is 21.3. The summed E-state index contributed by atoms with van der Waals surface area (Å²) in [6.45, 7) is 2.37. The summed E-state index contributed by atoms with van der Waals surface area (Å²) in [6.07, 6.45) is 2.27. The second kappa shape index (κ2) is 11.5. The van der Waals surface area contributed by atoms with Crippen molar-refractivity contribution in [2.45, 2.75) is 51.0 Å². The molecule has 6 rings (SSSR count). The van der Waals surface area contributed by atoms with Crippen molar-refractivity contribution in [1.29, 1.82) is 0 Å². The number of aromatic nitrogens is 3. The van der Waals surface area contributed by atoms with E-state index in [0.717, 1.165) is 0 Å². The van der Waals surface area contributed by atoms with Crippen LogP contribution in [-0.4, -0.2) is 76.0 Å². The molecule has 2 aromatic heterocycles. The molecule has 2 N–H and O–H groups in total. The van der Waals surface area contributed by atoms with E-state index in [-0.39, 0.29) is 59.7 Å². The van der Waals surface area contributed by atoms with E-state index in [0.29, 0.717) is 36.0 Å². The molecule has 1 amide bonds. The summed E-state index contributed by atoms with van der Waals surface area (Å²) in [6, 6.07) is 3.88. The second-order valence-corrected chi connectivity index (χ2v) is 12.4. The zero-order chi connectivity index (χ0) is 32.3. The van der Waals surface area contributed by atoms with Crippen molar-refractivity contribution in [3.63, 3.8) is 0 Å². The van der Waals surface area contributed by atoms with Crippen molar-refractivity contribution in [3.8, 4) is 5.75 Å². The van der Waals surface area contributed by atoms with Crippen molar-refractivity contribution >= 4 is 51.6 Å². The molecule has 1 saturated carbocycles. The van der Waals surface area contributed by atoms with Gasteiger partial charge in [-0.15, -0.1) is 0 Å². The van der Waals surface area contributed by atoms with Gasteiger partial charge in [-0.05, 0) is 43.9 Å². The number of nitrogens with zero attached hydrogens (tertiary/aromatic N) is 5. The number of anilines is 4. The van der Waals surface area contributed by atoms with Crippen LogP contribution in [0.25, 0.3) is 10.9 Å². The zero-order valence-corrected chi connectivity index (χ0v) is 25.8. The monoisotopic (exact) mass is 651 g/mol. The van der Waals surface area contributed by atoms with E-state index in [1.54, 1.807) is 37.1 Å². The van der Waals surface area contributed by atoms with Crippen molar-refractivity contribution < 1.29 is 27.1 Å².